The third-order valence-electron chi connectivity index (χ3n) is 1.06. The molecule has 0 aromatic rings. The number of nitrogens with one attached hydrogen (secondary N) is 1. The van der Waals surface area contributed by atoms with Gasteiger partial charge in [-0.15, -0.1) is 0 Å². The Morgan fingerprint density at radius 3 is 2.64 bits per heavy atom. The molecule has 0 spiro atoms. The molecule has 0 fully saturated rings. The van der Waals surface area contributed by atoms with Crippen molar-refractivity contribution in [3.8, 4) is 0 Å². The van der Waals surface area contributed by atoms with Crippen molar-refractivity contribution in [2.24, 2.45) is 4.99 Å². The zero-order valence-electron chi connectivity index (χ0n) is 7.22. The van der Waals surface area contributed by atoms with Crippen LogP contribution in [0, 0.1) is 0 Å². The van der Waals surface area contributed by atoms with Crippen LogP contribution in [0.1, 0.15) is 20.3 Å². The zero-order valence-corrected chi connectivity index (χ0v) is 7.22. The van der Waals surface area contributed by atoms with Gasteiger partial charge in [-0.2, -0.15) is 0 Å². The predicted molar refractivity (Wildman–Crippen MR) is 46.6 cm³/mol. The number of hydrogen-bond acceptors (Lipinski definition) is 2. The molecule has 0 bridgehead atoms. The molecule has 0 aromatic heterocycles. The van der Waals surface area contributed by atoms with E-state index in [9.17, 15) is 4.79 Å². The zero-order chi connectivity index (χ0) is 8.69. The SMILES string of the molecule is CC/C=C\C(=NC)NC(C)=O. The second-order valence-corrected chi connectivity index (χ2v) is 2.10. The summed E-state index contributed by atoms with van der Waals surface area (Å²) >= 11 is 0. The number of hydrogen-bond donors (Lipinski definition) is 1. The minimum absolute atomic E-state index is 0.0913. The standard InChI is InChI=1S/C8H14N2O/c1-4-5-6-8(9-3)10-7(2)11/h5-6H,4H2,1-3H3,(H,9,10,11)/b6-5-. The van der Waals surface area contributed by atoms with Gasteiger partial charge >= 0.3 is 0 Å². The maximum Gasteiger partial charge on any atom is 0.222 e. The van der Waals surface area contributed by atoms with Gasteiger partial charge in [-0.05, 0) is 12.5 Å². The second kappa shape index (κ2) is 5.65. The summed E-state index contributed by atoms with van der Waals surface area (Å²) in [6.07, 6.45) is 4.68. The van der Waals surface area contributed by atoms with Crippen LogP contribution in [0.2, 0.25) is 0 Å². The Morgan fingerprint density at radius 1 is 1.64 bits per heavy atom. The summed E-state index contributed by atoms with van der Waals surface area (Å²) in [6.45, 7) is 3.49. The van der Waals surface area contributed by atoms with E-state index in [0.29, 0.717) is 5.84 Å². The topological polar surface area (TPSA) is 41.5 Å². The smallest absolute Gasteiger partial charge is 0.222 e. The molecule has 11 heavy (non-hydrogen) atoms. The highest BCUT2D eigenvalue weighted by atomic mass is 16.1. The van der Waals surface area contributed by atoms with E-state index in [0.717, 1.165) is 6.42 Å². The van der Waals surface area contributed by atoms with Crippen LogP contribution < -0.4 is 5.32 Å². The number of aliphatic imine (C=N–C) groups is 1. The molecule has 0 rings (SSSR count). The molecule has 0 aliphatic carbocycles. The minimum atomic E-state index is -0.0913. The van der Waals surface area contributed by atoms with E-state index in [1.165, 1.54) is 6.92 Å². The Balaban J connectivity index is 3.98. The molecule has 3 nitrogen and oxygen atoms in total. The number of carbonyl (C=O) groups excluding carboxylic acids is 1. The summed E-state index contributed by atoms with van der Waals surface area (Å²) in [5.41, 5.74) is 0. The van der Waals surface area contributed by atoms with E-state index >= 15 is 0 Å². The maximum atomic E-state index is 10.6. The molecular weight excluding hydrogens is 140 g/mol. The summed E-state index contributed by atoms with van der Waals surface area (Å²) in [7, 11) is 1.64. The largest absolute Gasteiger partial charge is 0.311 e. The van der Waals surface area contributed by atoms with Crippen LogP contribution in [0.4, 0.5) is 0 Å². The molecule has 0 aliphatic rings. The first-order valence-electron chi connectivity index (χ1n) is 3.61. The molecule has 3 heteroatoms. The summed E-state index contributed by atoms with van der Waals surface area (Å²) in [4.78, 5) is 14.4. The molecule has 1 N–H and O–H groups in total. The fourth-order valence-corrected chi connectivity index (χ4v) is 0.582. The molecule has 0 saturated heterocycles. The first-order valence-corrected chi connectivity index (χ1v) is 3.61. The molecule has 0 aliphatic heterocycles. The van der Waals surface area contributed by atoms with Crippen LogP contribution in [-0.4, -0.2) is 18.8 Å². The van der Waals surface area contributed by atoms with Gasteiger partial charge in [0.15, 0.2) is 0 Å². The summed E-state index contributed by atoms with van der Waals surface area (Å²) < 4.78 is 0. The third kappa shape index (κ3) is 5.33. The Hall–Kier alpha value is -1.12. The van der Waals surface area contributed by atoms with Gasteiger partial charge < -0.3 is 5.32 Å². The van der Waals surface area contributed by atoms with E-state index < -0.39 is 0 Å². The maximum absolute atomic E-state index is 10.6. The van der Waals surface area contributed by atoms with Crippen molar-refractivity contribution in [2.75, 3.05) is 7.05 Å². The molecule has 0 atom stereocenters. The molecule has 62 valence electrons. The highest BCUT2D eigenvalue weighted by Gasteiger charge is 1.92. The van der Waals surface area contributed by atoms with Gasteiger partial charge in [0, 0.05) is 14.0 Å². The highest BCUT2D eigenvalue weighted by molar-refractivity contribution is 6.03. The van der Waals surface area contributed by atoms with E-state index in [2.05, 4.69) is 10.3 Å². The average molecular weight is 154 g/mol. The monoisotopic (exact) mass is 154 g/mol. The van der Waals surface area contributed by atoms with Crippen LogP contribution in [0.3, 0.4) is 0 Å². The van der Waals surface area contributed by atoms with Crippen molar-refractivity contribution >= 4 is 11.7 Å². The van der Waals surface area contributed by atoms with Gasteiger partial charge in [0.25, 0.3) is 0 Å². The molecule has 0 unspecified atom stereocenters. The summed E-state index contributed by atoms with van der Waals surface area (Å²) in [5.74, 6) is 0.519. The van der Waals surface area contributed by atoms with E-state index in [1.54, 1.807) is 13.1 Å². The molecule has 0 radical (unpaired) electrons. The van der Waals surface area contributed by atoms with Crippen LogP contribution in [0.5, 0.6) is 0 Å². The van der Waals surface area contributed by atoms with Crippen molar-refractivity contribution in [3.63, 3.8) is 0 Å². The molecule has 0 heterocycles. The summed E-state index contributed by atoms with van der Waals surface area (Å²) in [5, 5.41) is 2.59. The highest BCUT2D eigenvalue weighted by Crippen LogP contribution is 1.81. The Bertz CT molecular complexity index is 183. The Kier molecular flexibility index (Phi) is 5.07. The first kappa shape index (κ1) is 9.88. The molecule has 0 aromatic carbocycles. The van der Waals surface area contributed by atoms with Crippen molar-refractivity contribution in [3.05, 3.63) is 12.2 Å². The molecular formula is C8H14N2O. The average Bonchev–Trinajstić information content (AvgIpc) is 1.97. The van der Waals surface area contributed by atoms with E-state index in [1.807, 2.05) is 13.0 Å². The Morgan fingerprint density at radius 2 is 2.27 bits per heavy atom. The molecule has 0 saturated carbocycles. The number of amidine groups is 1. The van der Waals surface area contributed by atoms with E-state index in [-0.39, 0.29) is 5.91 Å². The minimum Gasteiger partial charge on any atom is -0.311 e. The van der Waals surface area contributed by atoms with Crippen molar-refractivity contribution < 1.29 is 4.79 Å². The van der Waals surface area contributed by atoms with Crippen molar-refractivity contribution in [1.82, 2.24) is 5.32 Å². The lowest BCUT2D eigenvalue weighted by Gasteiger charge is -1.98. The van der Waals surface area contributed by atoms with Gasteiger partial charge in [0.1, 0.15) is 5.84 Å². The van der Waals surface area contributed by atoms with Crippen molar-refractivity contribution in [2.45, 2.75) is 20.3 Å². The van der Waals surface area contributed by atoms with Crippen LogP contribution >= 0.6 is 0 Å². The number of rotatable bonds is 2. The lowest BCUT2D eigenvalue weighted by atomic mass is 10.4. The fraction of sp³-hybridized carbons (Fsp3) is 0.500. The Labute approximate surface area is 67.2 Å². The normalized spacial score (nSPS) is 12.1. The van der Waals surface area contributed by atoms with Crippen molar-refractivity contribution in [1.29, 1.82) is 0 Å². The van der Waals surface area contributed by atoms with Crippen LogP contribution in [0.25, 0.3) is 0 Å². The van der Waals surface area contributed by atoms with Gasteiger partial charge in [-0.3, -0.25) is 9.79 Å². The summed E-state index contributed by atoms with van der Waals surface area (Å²) in [6, 6.07) is 0. The lowest BCUT2D eigenvalue weighted by Crippen LogP contribution is -2.26. The lowest BCUT2D eigenvalue weighted by molar-refractivity contribution is -0.117. The number of amides is 1. The molecule has 1 amide bonds. The fourth-order valence-electron chi connectivity index (χ4n) is 0.582. The van der Waals surface area contributed by atoms with Gasteiger partial charge in [-0.25, -0.2) is 0 Å². The first-order chi connectivity index (χ1) is 5.20. The number of nitrogens with zero attached hydrogens (tertiary/aromatic N) is 1. The van der Waals surface area contributed by atoms with Gasteiger partial charge in [0.05, 0.1) is 0 Å². The van der Waals surface area contributed by atoms with Gasteiger partial charge in [-0.1, -0.05) is 13.0 Å². The van der Waals surface area contributed by atoms with Gasteiger partial charge in [0.2, 0.25) is 5.91 Å². The van der Waals surface area contributed by atoms with Crippen LogP contribution in [0.15, 0.2) is 17.1 Å². The quantitative estimate of drug-likeness (QED) is 0.470. The third-order valence-corrected chi connectivity index (χ3v) is 1.06. The number of allylic oxidation sites excluding steroid dienone is 1. The van der Waals surface area contributed by atoms with E-state index in [4.69, 9.17) is 0 Å². The number of carbonyl (C=O) groups is 1. The second-order valence-electron chi connectivity index (χ2n) is 2.10. The predicted octanol–water partition coefficient (Wildman–Crippen LogP) is 1.12. The van der Waals surface area contributed by atoms with Crippen LogP contribution in [-0.2, 0) is 4.79 Å².